The van der Waals surface area contributed by atoms with Gasteiger partial charge in [0.15, 0.2) is 0 Å². The Morgan fingerprint density at radius 2 is 1.47 bits per heavy atom. The third-order valence-corrected chi connectivity index (χ3v) is 2.79. The zero-order chi connectivity index (χ0) is 12.3. The molecule has 0 nitrogen and oxygen atoms in total. The van der Waals surface area contributed by atoms with Gasteiger partial charge in [-0.25, -0.2) is 0 Å². The molecule has 2 aromatic rings. The van der Waals surface area contributed by atoms with Gasteiger partial charge < -0.3 is 0 Å². The zero-order valence-corrected chi connectivity index (χ0v) is 14.2. The van der Waals surface area contributed by atoms with Crippen molar-refractivity contribution < 1.29 is 75.5 Å². The summed E-state index contributed by atoms with van der Waals surface area (Å²) < 4.78 is 0. The van der Waals surface area contributed by atoms with Crippen molar-refractivity contribution >= 4 is 25.5 Å². The summed E-state index contributed by atoms with van der Waals surface area (Å²) in [5.41, 5.74) is 5.26. The van der Waals surface area contributed by atoms with Crippen LogP contribution in [0.15, 0.2) is 55.6 Å². The monoisotopic (exact) mass is 546 g/mol. The molecule has 0 aliphatic carbocycles. The molecule has 0 aliphatic heterocycles. The predicted molar refractivity (Wildman–Crippen MR) is 77.4 cm³/mol. The average Bonchev–Trinajstić information content (AvgIpc) is 2.38. The van der Waals surface area contributed by atoms with Crippen LogP contribution in [0.5, 0.6) is 0 Å². The van der Waals surface area contributed by atoms with Crippen LogP contribution in [0.25, 0.3) is 23.3 Å². The first-order chi connectivity index (χ1) is 8.26. The molecule has 0 unspecified atom stereocenters. The molecule has 0 N–H and O–H groups in total. The SMILES string of the molecule is [B]c1ccc(-c2cccc(C=C)c2C=C)cc1.[Ho].[Ho]. The largest absolute Gasteiger partial charge is 0.113 e. The summed E-state index contributed by atoms with van der Waals surface area (Å²) in [6.07, 6.45) is 3.71. The molecule has 102 valence electrons. The van der Waals surface area contributed by atoms with Crippen LogP contribution < -0.4 is 5.46 Å². The Balaban J connectivity index is 0.00000162. The zero-order valence-electron chi connectivity index (χ0n) is 10.3. The molecule has 0 saturated heterocycles. The van der Waals surface area contributed by atoms with Gasteiger partial charge in [-0.15, -0.1) is 0 Å². The fourth-order valence-corrected chi connectivity index (χ4v) is 1.90. The Hall–Kier alpha value is 0.504. The molecule has 0 bridgehead atoms. The molecule has 0 fully saturated rings. The van der Waals surface area contributed by atoms with Gasteiger partial charge in [0.05, 0.1) is 0 Å². The van der Waals surface area contributed by atoms with Gasteiger partial charge in [0, 0.05) is 75.5 Å². The summed E-state index contributed by atoms with van der Waals surface area (Å²) in [6.45, 7) is 7.69. The molecular formula is C16H13BHo2. The van der Waals surface area contributed by atoms with E-state index in [4.69, 9.17) is 7.85 Å². The van der Waals surface area contributed by atoms with Crippen molar-refractivity contribution in [1.29, 1.82) is 0 Å². The topological polar surface area (TPSA) is 0 Å². The minimum Gasteiger partial charge on any atom is -0.0984 e. The van der Waals surface area contributed by atoms with E-state index in [1.165, 1.54) is 0 Å². The van der Waals surface area contributed by atoms with Crippen LogP contribution in [-0.2, 0) is 0 Å². The third-order valence-electron chi connectivity index (χ3n) is 2.79. The minimum atomic E-state index is 0. The fraction of sp³-hybridized carbons (Fsp3) is 0. The van der Waals surface area contributed by atoms with Gasteiger partial charge in [-0.1, -0.05) is 73.2 Å². The van der Waals surface area contributed by atoms with Gasteiger partial charge in [-0.05, 0) is 22.3 Å². The number of benzene rings is 2. The standard InChI is InChI=1S/C16H13B.2Ho/c1-3-12-6-5-7-16(15(12)4-2)13-8-10-14(17)11-9-13;;/h3-11H,1-2H2;;. The minimum absolute atomic E-state index is 0. The van der Waals surface area contributed by atoms with E-state index in [0.717, 1.165) is 27.7 Å². The van der Waals surface area contributed by atoms with E-state index in [9.17, 15) is 0 Å². The molecule has 0 atom stereocenters. The molecule has 0 aromatic heterocycles. The molecule has 0 amide bonds. The summed E-state index contributed by atoms with van der Waals surface area (Å²) in [6, 6.07) is 14.0. The molecule has 2 rings (SSSR count). The summed E-state index contributed by atoms with van der Waals surface area (Å²) in [5, 5.41) is 0. The second kappa shape index (κ2) is 9.44. The smallest absolute Gasteiger partial charge is 0.0984 e. The Kier molecular flexibility index (Phi) is 9.69. The van der Waals surface area contributed by atoms with Crippen LogP contribution in [0, 0.1) is 75.5 Å². The summed E-state index contributed by atoms with van der Waals surface area (Å²) in [5.74, 6) is 0. The van der Waals surface area contributed by atoms with Crippen molar-refractivity contribution in [2.75, 3.05) is 0 Å². The summed E-state index contributed by atoms with van der Waals surface area (Å²) in [7, 11) is 5.70. The van der Waals surface area contributed by atoms with Crippen LogP contribution in [0.1, 0.15) is 11.1 Å². The molecule has 0 spiro atoms. The van der Waals surface area contributed by atoms with E-state index in [-0.39, 0.29) is 75.5 Å². The van der Waals surface area contributed by atoms with E-state index in [1.807, 2.05) is 48.6 Å². The van der Waals surface area contributed by atoms with Crippen molar-refractivity contribution in [3.63, 3.8) is 0 Å². The molecule has 2 aromatic carbocycles. The van der Waals surface area contributed by atoms with E-state index in [0.29, 0.717) is 0 Å². The van der Waals surface area contributed by atoms with Crippen molar-refractivity contribution in [1.82, 2.24) is 0 Å². The van der Waals surface area contributed by atoms with E-state index < -0.39 is 0 Å². The molecule has 3 heteroatoms. The number of hydrogen-bond acceptors (Lipinski definition) is 0. The van der Waals surface area contributed by atoms with E-state index >= 15 is 0 Å². The Morgan fingerprint density at radius 3 is 2.00 bits per heavy atom. The van der Waals surface area contributed by atoms with Gasteiger partial charge >= 0.3 is 0 Å². The van der Waals surface area contributed by atoms with Crippen LogP contribution in [0.3, 0.4) is 0 Å². The number of hydrogen-bond donors (Lipinski definition) is 0. The summed E-state index contributed by atoms with van der Waals surface area (Å²) >= 11 is 0. The first kappa shape index (κ1) is 19.5. The maximum Gasteiger partial charge on any atom is 0.113 e. The third kappa shape index (κ3) is 4.77. The predicted octanol–water partition coefficient (Wildman–Crippen LogP) is 3.43. The maximum absolute atomic E-state index is 5.70. The van der Waals surface area contributed by atoms with Crippen LogP contribution in [0.2, 0.25) is 0 Å². The maximum atomic E-state index is 5.70. The van der Waals surface area contributed by atoms with Gasteiger partial charge in [0.25, 0.3) is 0 Å². The second-order valence-electron chi connectivity index (χ2n) is 3.84. The van der Waals surface area contributed by atoms with E-state index in [2.05, 4.69) is 19.2 Å². The van der Waals surface area contributed by atoms with Gasteiger partial charge in [0.2, 0.25) is 0 Å². The molecule has 4 radical (unpaired) electrons. The van der Waals surface area contributed by atoms with Crippen molar-refractivity contribution in [2.24, 2.45) is 0 Å². The number of rotatable bonds is 3. The van der Waals surface area contributed by atoms with Crippen molar-refractivity contribution in [2.45, 2.75) is 0 Å². The second-order valence-corrected chi connectivity index (χ2v) is 3.84. The fourth-order valence-electron chi connectivity index (χ4n) is 1.90. The van der Waals surface area contributed by atoms with Crippen molar-refractivity contribution in [3.8, 4) is 11.1 Å². The first-order valence-corrected chi connectivity index (χ1v) is 5.50. The quantitative estimate of drug-likeness (QED) is 0.519. The van der Waals surface area contributed by atoms with E-state index in [1.54, 1.807) is 0 Å². The molecule has 0 aliphatic rings. The summed E-state index contributed by atoms with van der Waals surface area (Å²) in [4.78, 5) is 0. The van der Waals surface area contributed by atoms with Crippen LogP contribution >= 0.6 is 0 Å². The average molecular weight is 546 g/mol. The molecule has 0 saturated carbocycles. The van der Waals surface area contributed by atoms with Gasteiger partial charge in [-0.2, -0.15) is 0 Å². The Morgan fingerprint density at radius 1 is 0.842 bits per heavy atom. The van der Waals surface area contributed by atoms with Gasteiger partial charge in [0.1, 0.15) is 7.85 Å². The first-order valence-electron chi connectivity index (χ1n) is 5.50. The normalized spacial score (nSPS) is 8.84. The van der Waals surface area contributed by atoms with Crippen molar-refractivity contribution in [3.05, 3.63) is 66.7 Å². The Bertz CT molecular complexity index is 559. The molecule has 0 heterocycles. The Labute approximate surface area is 176 Å². The van der Waals surface area contributed by atoms with Crippen LogP contribution in [0.4, 0.5) is 0 Å². The molecular weight excluding hydrogens is 533 g/mol. The van der Waals surface area contributed by atoms with Crippen LogP contribution in [-0.4, -0.2) is 7.85 Å². The molecule has 19 heavy (non-hydrogen) atoms. The van der Waals surface area contributed by atoms with Gasteiger partial charge in [-0.3, -0.25) is 0 Å².